The van der Waals surface area contributed by atoms with Gasteiger partial charge in [0.2, 0.25) is 0 Å². The van der Waals surface area contributed by atoms with Crippen molar-refractivity contribution >= 4 is 18.8 Å². The first-order chi connectivity index (χ1) is 12.5. The molecule has 0 unspecified atom stereocenters. The van der Waals surface area contributed by atoms with Gasteiger partial charge in [0, 0.05) is 16.7 Å². The van der Waals surface area contributed by atoms with Gasteiger partial charge in [-0.15, -0.1) is 0 Å². The molecule has 0 amide bonds. The molecule has 0 radical (unpaired) electrons. The Morgan fingerprint density at radius 2 is 1.23 bits per heavy atom. The molecule has 0 saturated heterocycles. The van der Waals surface area contributed by atoms with Gasteiger partial charge < -0.3 is 9.26 Å². The van der Waals surface area contributed by atoms with E-state index in [1.54, 1.807) is 0 Å². The minimum absolute atomic E-state index is 0.103. The van der Waals surface area contributed by atoms with Gasteiger partial charge in [0.1, 0.15) is 11.5 Å². The average Bonchev–Trinajstić information content (AvgIpc) is 2.66. The summed E-state index contributed by atoms with van der Waals surface area (Å²) in [5.74, 6) is 0.224. The Morgan fingerprint density at radius 1 is 0.731 bits per heavy atom. The number of alkyl halides is 3. The van der Waals surface area contributed by atoms with Crippen LogP contribution in [0.2, 0.25) is 0 Å². The van der Waals surface area contributed by atoms with E-state index in [9.17, 15) is 13.2 Å². The van der Waals surface area contributed by atoms with Crippen molar-refractivity contribution in [1.29, 1.82) is 0 Å². The highest BCUT2D eigenvalue weighted by molar-refractivity contribution is 7.68. The summed E-state index contributed by atoms with van der Waals surface area (Å²) < 4.78 is 50.5. The van der Waals surface area contributed by atoms with Crippen molar-refractivity contribution in [3.63, 3.8) is 0 Å². The molecule has 0 heterocycles. The average molecular weight is 376 g/mol. The standard InChI is InChI=1S/C20H16F3O2P/c1-24-16-12-15(20(21,22)23)13-17(14-16)25-26(18-8-4-2-5-9-18)19-10-6-3-7-11-19/h2-14H,1H3. The summed E-state index contributed by atoms with van der Waals surface area (Å²) in [4.78, 5) is 0. The van der Waals surface area contributed by atoms with Crippen LogP contribution in [0.5, 0.6) is 11.5 Å². The van der Waals surface area contributed by atoms with Crippen molar-refractivity contribution in [2.24, 2.45) is 0 Å². The Hall–Kier alpha value is -2.52. The van der Waals surface area contributed by atoms with Gasteiger partial charge in [-0.25, -0.2) is 0 Å². The molecule has 0 atom stereocenters. The summed E-state index contributed by atoms with van der Waals surface area (Å²) in [5.41, 5.74) is -0.803. The molecule has 0 N–H and O–H groups in total. The smallest absolute Gasteiger partial charge is 0.416 e. The molecule has 2 nitrogen and oxygen atoms in total. The zero-order chi connectivity index (χ0) is 18.6. The minimum Gasteiger partial charge on any atom is -0.497 e. The van der Waals surface area contributed by atoms with E-state index < -0.39 is 19.9 Å². The van der Waals surface area contributed by atoms with E-state index in [-0.39, 0.29) is 11.5 Å². The zero-order valence-electron chi connectivity index (χ0n) is 13.9. The summed E-state index contributed by atoms with van der Waals surface area (Å²) in [6.45, 7) is 0. The molecule has 0 saturated carbocycles. The molecule has 3 rings (SSSR count). The Balaban J connectivity index is 2.02. The molecule has 0 fully saturated rings. The van der Waals surface area contributed by atoms with Crippen LogP contribution in [-0.2, 0) is 6.18 Å². The molecule has 0 bridgehead atoms. The van der Waals surface area contributed by atoms with Gasteiger partial charge in [-0.1, -0.05) is 60.7 Å². The number of rotatable bonds is 5. The molecule has 6 heteroatoms. The lowest BCUT2D eigenvalue weighted by molar-refractivity contribution is -0.137. The highest BCUT2D eigenvalue weighted by atomic mass is 31.1. The van der Waals surface area contributed by atoms with Crippen molar-refractivity contribution in [2.45, 2.75) is 6.18 Å². The zero-order valence-corrected chi connectivity index (χ0v) is 14.8. The Kier molecular flexibility index (Phi) is 5.48. The molecule has 3 aromatic rings. The first-order valence-electron chi connectivity index (χ1n) is 7.82. The monoisotopic (exact) mass is 376 g/mol. The predicted molar refractivity (Wildman–Crippen MR) is 97.7 cm³/mol. The molecule has 0 spiro atoms. The van der Waals surface area contributed by atoms with Crippen LogP contribution < -0.4 is 19.9 Å². The van der Waals surface area contributed by atoms with E-state index in [1.807, 2.05) is 60.7 Å². The highest BCUT2D eigenvalue weighted by Crippen LogP contribution is 2.41. The Morgan fingerprint density at radius 3 is 1.69 bits per heavy atom. The van der Waals surface area contributed by atoms with Gasteiger partial charge in [-0.3, -0.25) is 0 Å². The van der Waals surface area contributed by atoms with Gasteiger partial charge >= 0.3 is 6.18 Å². The number of hydrogen-bond donors (Lipinski definition) is 0. The first-order valence-corrected chi connectivity index (χ1v) is 9.08. The molecule has 0 aliphatic heterocycles. The number of halogens is 3. The number of methoxy groups -OCH3 is 1. The van der Waals surface area contributed by atoms with Crippen molar-refractivity contribution in [2.75, 3.05) is 7.11 Å². The molecular weight excluding hydrogens is 360 g/mol. The molecular formula is C20H16F3O2P. The van der Waals surface area contributed by atoms with E-state index in [4.69, 9.17) is 9.26 Å². The summed E-state index contributed by atoms with van der Waals surface area (Å²) >= 11 is 0. The van der Waals surface area contributed by atoms with Crippen molar-refractivity contribution in [3.05, 3.63) is 84.4 Å². The van der Waals surface area contributed by atoms with E-state index in [1.165, 1.54) is 13.2 Å². The first kappa shape index (κ1) is 18.3. The SMILES string of the molecule is COc1cc(OP(c2ccccc2)c2ccccc2)cc(C(F)(F)F)c1. The quantitative estimate of drug-likeness (QED) is 0.574. The van der Waals surface area contributed by atoms with E-state index in [0.717, 1.165) is 22.7 Å². The van der Waals surface area contributed by atoms with Crippen LogP contribution in [-0.4, -0.2) is 7.11 Å². The van der Waals surface area contributed by atoms with Crippen molar-refractivity contribution < 1.29 is 22.4 Å². The lowest BCUT2D eigenvalue weighted by Gasteiger charge is -2.20. The third-order valence-electron chi connectivity index (χ3n) is 3.62. The fourth-order valence-electron chi connectivity index (χ4n) is 2.39. The Labute approximate surface area is 151 Å². The summed E-state index contributed by atoms with van der Waals surface area (Å²) in [5, 5.41) is 1.81. The Bertz CT molecular complexity index is 812. The molecule has 0 aliphatic carbocycles. The second-order valence-electron chi connectivity index (χ2n) is 5.45. The number of ether oxygens (including phenoxy) is 1. The van der Waals surface area contributed by atoms with E-state index in [0.29, 0.717) is 0 Å². The van der Waals surface area contributed by atoms with Crippen LogP contribution in [0.25, 0.3) is 0 Å². The largest absolute Gasteiger partial charge is 0.497 e. The normalized spacial score (nSPS) is 11.4. The predicted octanol–water partition coefficient (Wildman–Crippen LogP) is 5.14. The van der Waals surface area contributed by atoms with Gasteiger partial charge in [0.25, 0.3) is 0 Å². The summed E-state index contributed by atoms with van der Waals surface area (Å²) in [6, 6.07) is 22.3. The number of hydrogen-bond acceptors (Lipinski definition) is 2. The fourth-order valence-corrected chi connectivity index (χ4v) is 4.10. The summed E-state index contributed by atoms with van der Waals surface area (Å²) in [6.07, 6.45) is -4.48. The molecule has 0 aromatic heterocycles. The van der Waals surface area contributed by atoms with Crippen molar-refractivity contribution in [1.82, 2.24) is 0 Å². The lowest BCUT2D eigenvalue weighted by Crippen LogP contribution is -2.15. The van der Waals surface area contributed by atoms with Crippen molar-refractivity contribution in [3.8, 4) is 11.5 Å². The second kappa shape index (κ2) is 7.79. The fraction of sp³-hybridized carbons (Fsp3) is 0.100. The van der Waals surface area contributed by atoms with Gasteiger partial charge in [-0.2, -0.15) is 13.2 Å². The molecule has 134 valence electrons. The molecule has 0 aliphatic rings. The minimum atomic E-state index is -4.48. The van der Waals surface area contributed by atoms with E-state index in [2.05, 4.69) is 0 Å². The second-order valence-corrected chi connectivity index (χ2v) is 7.26. The molecule has 26 heavy (non-hydrogen) atoms. The summed E-state index contributed by atoms with van der Waals surface area (Å²) in [7, 11) is 0.0141. The van der Waals surface area contributed by atoms with Crippen LogP contribution in [0.15, 0.2) is 78.9 Å². The van der Waals surface area contributed by atoms with Gasteiger partial charge in [-0.05, 0) is 12.1 Å². The van der Waals surface area contributed by atoms with Crippen LogP contribution in [0, 0.1) is 0 Å². The van der Waals surface area contributed by atoms with Gasteiger partial charge in [0.05, 0.1) is 12.7 Å². The van der Waals surface area contributed by atoms with E-state index >= 15 is 0 Å². The lowest BCUT2D eigenvalue weighted by atomic mass is 10.2. The highest BCUT2D eigenvalue weighted by Gasteiger charge is 2.32. The molecule has 3 aromatic carbocycles. The third-order valence-corrected chi connectivity index (χ3v) is 5.55. The van der Waals surface area contributed by atoms with Gasteiger partial charge in [0.15, 0.2) is 8.15 Å². The maximum Gasteiger partial charge on any atom is 0.416 e. The maximum atomic E-state index is 13.2. The number of benzene rings is 3. The van der Waals surface area contributed by atoms with Crippen LogP contribution >= 0.6 is 8.15 Å². The topological polar surface area (TPSA) is 18.5 Å². The van der Waals surface area contributed by atoms with Crippen LogP contribution in [0.3, 0.4) is 0 Å². The van der Waals surface area contributed by atoms with Crippen LogP contribution in [0.4, 0.5) is 13.2 Å². The third kappa shape index (κ3) is 4.36. The van der Waals surface area contributed by atoms with Crippen LogP contribution in [0.1, 0.15) is 5.56 Å². The maximum absolute atomic E-state index is 13.2.